The summed E-state index contributed by atoms with van der Waals surface area (Å²) in [5.74, 6) is 0.0776. The molecule has 4 aromatic rings. The van der Waals surface area contributed by atoms with Crippen LogP contribution >= 0.6 is 0 Å². The van der Waals surface area contributed by atoms with E-state index in [9.17, 15) is 4.79 Å². The van der Waals surface area contributed by atoms with Gasteiger partial charge in [-0.15, -0.1) is 0 Å². The molecule has 3 heterocycles. The largest absolute Gasteiger partial charge is 0.478 e. The number of aromatic carboxylic acids is 1. The Morgan fingerprint density at radius 3 is 2.49 bits per heavy atom. The van der Waals surface area contributed by atoms with Crippen LogP contribution in [0.1, 0.15) is 33.6 Å². The van der Waals surface area contributed by atoms with Gasteiger partial charge >= 0.3 is 5.97 Å². The highest BCUT2D eigenvalue weighted by Crippen LogP contribution is 2.25. The Kier molecular flexibility index (Phi) is 9.22. The minimum absolute atomic E-state index is 0.264. The van der Waals surface area contributed by atoms with Crippen LogP contribution in [-0.2, 0) is 6.54 Å². The number of pyridine rings is 2. The number of nitrogen functional groups attached to an aromatic ring is 1. The van der Waals surface area contributed by atoms with Crippen LogP contribution in [-0.4, -0.2) is 52.1 Å². The summed E-state index contributed by atoms with van der Waals surface area (Å²) < 4.78 is 0. The number of aryl methyl sites for hydroxylation is 1. The molecule has 0 saturated carbocycles. The van der Waals surface area contributed by atoms with Gasteiger partial charge in [0.05, 0.1) is 34.8 Å². The molecular weight excluding hydrogens is 488 g/mol. The summed E-state index contributed by atoms with van der Waals surface area (Å²) in [7, 11) is 0. The van der Waals surface area contributed by atoms with E-state index in [1.165, 1.54) is 0 Å². The summed E-state index contributed by atoms with van der Waals surface area (Å²) in [4.78, 5) is 24.6. The number of benzene rings is 2. The first-order chi connectivity index (χ1) is 18.9. The lowest BCUT2D eigenvalue weighted by Crippen LogP contribution is -2.31. The molecule has 8 nitrogen and oxygen atoms in total. The molecule has 5 rings (SSSR count). The summed E-state index contributed by atoms with van der Waals surface area (Å²) >= 11 is 0. The Hall–Kier alpha value is -4.74. The van der Waals surface area contributed by atoms with Crippen molar-refractivity contribution >= 4 is 17.5 Å². The minimum atomic E-state index is -0.940. The third kappa shape index (κ3) is 7.63. The van der Waals surface area contributed by atoms with Crippen LogP contribution in [0.4, 0.5) is 11.5 Å². The molecule has 0 spiro atoms. The molecule has 0 bridgehead atoms. The van der Waals surface area contributed by atoms with Crippen molar-refractivity contribution in [3.05, 3.63) is 108 Å². The van der Waals surface area contributed by atoms with Crippen LogP contribution in [0.2, 0.25) is 0 Å². The van der Waals surface area contributed by atoms with Crippen molar-refractivity contribution in [2.75, 3.05) is 36.8 Å². The molecule has 39 heavy (non-hydrogen) atoms. The molecule has 8 heteroatoms. The summed E-state index contributed by atoms with van der Waals surface area (Å²) in [6, 6.07) is 24.2. The highest BCUT2D eigenvalue weighted by molar-refractivity contribution is 5.90. The Morgan fingerprint density at radius 2 is 1.82 bits per heavy atom. The fourth-order valence-electron chi connectivity index (χ4n) is 4.45. The molecule has 2 aromatic carbocycles. The zero-order chi connectivity index (χ0) is 27.6. The Bertz CT molecular complexity index is 1420. The molecule has 0 unspecified atom stereocenters. The molecule has 3 N–H and O–H groups in total. The number of aromatic nitrogens is 2. The van der Waals surface area contributed by atoms with Gasteiger partial charge < -0.3 is 15.7 Å². The molecule has 1 fully saturated rings. The number of carboxylic acids is 1. The molecule has 2 aromatic heterocycles. The molecule has 1 aliphatic rings. The lowest BCUT2D eigenvalue weighted by atomic mass is 9.97. The van der Waals surface area contributed by atoms with Gasteiger partial charge in [-0.1, -0.05) is 24.3 Å². The van der Waals surface area contributed by atoms with Crippen LogP contribution in [0.3, 0.4) is 0 Å². The number of carbonyl (C=O) groups is 1. The second-order valence-electron chi connectivity index (χ2n) is 9.41. The van der Waals surface area contributed by atoms with E-state index in [0.29, 0.717) is 11.3 Å². The number of nitrogens with two attached hydrogens (primary N) is 1. The van der Waals surface area contributed by atoms with E-state index < -0.39 is 5.97 Å². The van der Waals surface area contributed by atoms with E-state index in [0.717, 1.165) is 67.3 Å². The monoisotopic (exact) mass is 520 g/mol. The van der Waals surface area contributed by atoms with Crippen molar-refractivity contribution in [1.82, 2.24) is 14.9 Å². The number of nitrogens with zero attached hydrogens (tertiary/aromatic N) is 5. The number of nitriles is 1. The highest BCUT2D eigenvalue weighted by Gasteiger charge is 2.16. The first kappa shape index (κ1) is 27.3. The summed E-state index contributed by atoms with van der Waals surface area (Å²) in [5.41, 5.74) is 11.2. The van der Waals surface area contributed by atoms with Crippen LogP contribution in [0.5, 0.6) is 0 Å². The fourth-order valence-corrected chi connectivity index (χ4v) is 4.45. The van der Waals surface area contributed by atoms with Crippen molar-refractivity contribution in [3.63, 3.8) is 0 Å². The van der Waals surface area contributed by atoms with Gasteiger partial charge in [-0.05, 0) is 78.6 Å². The maximum absolute atomic E-state index is 11.0. The number of rotatable bonds is 5. The van der Waals surface area contributed by atoms with E-state index in [-0.39, 0.29) is 5.56 Å². The van der Waals surface area contributed by atoms with Crippen LogP contribution in [0, 0.1) is 18.3 Å². The van der Waals surface area contributed by atoms with E-state index in [2.05, 4.69) is 31.9 Å². The second-order valence-corrected chi connectivity index (χ2v) is 9.41. The van der Waals surface area contributed by atoms with E-state index >= 15 is 0 Å². The highest BCUT2D eigenvalue weighted by atomic mass is 16.4. The molecule has 0 amide bonds. The van der Waals surface area contributed by atoms with Crippen molar-refractivity contribution in [3.8, 4) is 17.2 Å². The zero-order valence-corrected chi connectivity index (χ0v) is 22.0. The standard InChI is InChI=1S/C16H21N5.C15H11NO2/c17-14-5-6-16(19-12-14)21-9-3-8-20(10-11-21)13-15-4-1-2-7-18-15;1-10-2-5-13(15(17)18)8-14(10)12-6-3-11(9-16)4-7-12/h1-2,4-7,12H,3,8-11,13,17H2;2-8H,1H3,(H,17,18). The number of hydrogen-bond acceptors (Lipinski definition) is 7. The average molecular weight is 521 g/mol. The summed E-state index contributed by atoms with van der Waals surface area (Å²) in [6.07, 6.45) is 4.72. The predicted molar refractivity (Wildman–Crippen MR) is 153 cm³/mol. The van der Waals surface area contributed by atoms with Crippen molar-refractivity contribution in [2.24, 2.45) is 0 Å². The van der Waals surface area contributed by atoms with Crippen molar-refractivity contribution < 1.29 is 9.90 Å². The second kappa shape index (κ2) is 13.2. The number of carboxylic acid groups (broad SMARTS) is 1. The lowest BCUT2D eigenvalue weighted by Gasteiger charge is -2.22. The third-order valence-corrected chi connectivity index (χ3v) is 6.60. The fraction of sp³-hybridized carbons (Fsp3) is 0.226. The normalized spacial score (nSPS) is 13.5. The average Bonchev–Trinajstić information content (AvgIpc) is 3.20. The van der Waals surface area contributed by atoms with Gasteiger partial charge in [-0.25, -0.2) is 9.78 Å². The summed E-state index contributed by atoms with van der Waals surface area (Å²) in [6.45, 7) is 7.01. The molecule has 0 aliphatic carbocycles. The zero-order valence-electron chi connectivity index (χ0n) is 22.0. The van der Waals surface area contributed by atoms with Gasteiger partial charge in [0.1, 0.15) is 5.82 Å². The van der Waals surface area contributed by atoms with Gasteiger partial charge in [0.2, 0.25) is 0 Å². The Morgan fingerprint density at radius 1 is 1.00 bits per heavy atom. The number of hydrogen-bond donors (Lipinski definition) is 2. The predicted octanol–water partition coefficient (Wildman–Crippen LogP) is 5.00. The van der Waals surface area contributed by atoms with Gasteiger partial charge in [0.15, 0.2) is 0 Å². The minimum Gasteiger partial charge on any atom is -0.478 e. The van der Waals surface area contributed by atoms with Crippen LogP contribution < -0.4 is 10.6 Å². The van der Waals surface area contributed by atoms with Gasteiger partial charge in [-0.2, -0.15) is 5.26 Å². The van der Waals surface area contributed by atoms with E-state index in [1.54, 1.807) is 36.5 Å². The van der Waals surface area contributed by atoms with Gasteiger partial charge in [0.25, 0.3) is 0 Å². The van der Waals surface area contributed by atoms with E-state index in [4.69, 9.17) is 16.1 Å². The smallest absolute Gasteiger partial charge is 0.335 e. The topological polar surface area (TPSA) is 119 Å². The molecular formula is C31H32N6O2. The lowest BCUT2D eigenvalue weighted by molar-refractivity contribution is 0.0697. The SMILES string of the molecule is Cc1ccc(C(=O)O)cc1-c1ccc(C#N)cc1.Nc1ccc(N2CCCN(Cc3ccccn3)CC2)nc1. The molecule has 1 saturated heterocycles. The van der Waals surface area contributed by atoms with Gasteiger partial charge in [0, 0.05) is 38.9 Å². The first-order valence-electron chi connectivity index (χ1n) is 12.9. The molecule has 0 atom stereocenters. The molecule has 0 radical (unpaired) electrons. The maximum atomic E-state index is 11.0. The first-order valence-corrected chi connectivity index (χ1v) is 12.9. The quantitative estimate of drug-likeness (QED) is 0.377. The van der Waals surface area contributed by atoms with Crippen LogP contribution in [0.15, 0.2) is 85.2 Å². The van der Waals surface area contributed by atoms with E-state index in [1.807, 2.05) is 49.5 Å². The van der Waals surface area contributed by atoms with Crippen LogP contribution in [0.25, 0.3) is 11.1 Å². The van der Waals surface area contributed by atoms with Crippen molar-refractivity contribution in [1.29, 1.82) is 5.26 Å². The molecule has 1 aliphatic heterocycles. The summed E-state index contributed by atoms with van der Waals surface area (Å²) in [5, 5.41) is 17.7. The Balaban J connectivity index is 0.000000183. The van der Waals surface area contributed by atoms with Gasteiger partial charge in [-0.3, -0.25) is 9.88 Å². The van der Waals surface area contributed by atoms with Crippen molar-refractivity contribution in [2.45, 2.75) is 19.9 Å². The Labute approximate surface area is 229 Å². The molecule has 198 valence electrons. The maximum Gasteiger partial charge on any atom is 0.335 e. The number of anilines is 2. The third-order valence-electron chi connectivity index (χ3n) is 6.60.